The molecule has 0 saturated heterocycles. The lowest BCUT2D eigenvalue weighted by molar-refractivity contribution is 0.101. The molecule has 1 aliphatic heterocycles. The molecule has 0 saturated carbocycles. The fourth-order valence-corrected chi connectivity index (χ4v) is 4.44. The Morgan fingerprint density at radius 1 is 1.00 bits per heavy atom. The number of amides is 1. The van der Waals surface area contributed by atoms with E-state index in [1.807, 2.05) is 56.3 Å². The number of hydrogen-bond donors (Lipinski definition) is 1. The van der Waals surface area contributed by atoms with E-state index in [-0.39, 0.29) is 23.3 Å². The van der Waals surface area contributed by atoms with Crippen LogP contribution in [-0.2, 0) is 6.42 Å². The number of anilines is 1. The van der Waals surface area contributed by atoms with Crippen molar-refractivity contribution in [1.29, 1.82) is 0 Å². The molecule has 5 aromatic rings. The van der Waals surface area contributed by atoms with E-state index in [2.05, 4.69) is 10.5 Å². The van der Waals surface area contributed by atoms with Gasteiger partial charge in [0.25, 0.3) is 5.91 Å². The van der Waals surface area contributed by atoms with Gasteiger partial charge >= 0.3 is 0 Å². The highest BCUT2D eigenvalue weighted by molar-refractivity contribution is 6.18. The van der Waals surface area contributed by atoms with Crippen LogP contribution in [0, 0.1) is 6.92 Å². The van der Waals surface area contributed by atoms with E-state index >= 15 is 0 Å². The standard InChI is InChI=1S/C29H22N2O5/c1-16-7-9-18(10-8-16)27(32)28-26(21-5-3-4-6-24(21)35-28)30-29(33)22-15-25(36-31-22)19-11-12-23-20(14-19)13-17(2)34-23/h3-12,14-15,17H,13H2,1-2H3,(H,30,33). The first-order valence-electron chi connectivity index (χ1n) is 11.7. The lowest BCUT2D eigenvalue weighted by Crippen LogP contribution is -2.14. The topological polar surface area (TPSA) is 94.6 Å². The van der Waals surface area contributed by atoms with Gasteiger partial charge in [0.1, 0.15) is 17.4 Å². The molecule has 6 rings (SSSR count). The number of ketones is 1. The van der Waals surface area contributed by atoms with Crippen molar-refractivity contribution in [3.63, 3.8) is 0 Å². The molecule has 0 radical (unpaired) electrons. The molecule has 0 fully saturated rings. The molecule has 1 amide bonds. The fourth-order valence-electron chi connectivity index (χ4n) is 4.44. The Labute approximate surface area is 206 Å². The zero-order valence-corrected chi connectivity index (χ0v) is 19.7. The van der Waals surface area contributed by atoms with Crippen LogP contribution < -0.4 is 10.1 Å². The van der Waals surface area contributed by atoms with Crippen molar-refractivity contribution in [2.75, 3.05) is 5.32 Å². The maximum Gasteiger partial charge on any atom is 0.277 e. The van der Waals surface area contributed by atoms with Gasteiger partial charge in [0, 0.05) is 29.0 Å². The van der Waals surface area contributed by atoms with Crippen molar-refractivity contribution in [3.05, 3.63) is 101 Å². The molecule has 0 spiro atoms. The summed E-state index contributed by atoms with van der Waals surface area (Å²) in [4.78, 5) is 26.5. The second kappa shape index (κ2) is 8.53. The molecular weight excluding hydrogens is 456 g/mol. The van der Waals surface area contributed by atoms with E-state index in [0.717, 1.165) is 28.9 Å². The number of rotatable bonds is 5. The van der Waals surface area contributed by atoms with Crippen LogP contribution in [0.2, 0.25) is 0 Å². The minimum atomic E-state index is -0.507. The van der Waals surface area contributed by atoms with Gasteiger partial charge in [-0.2, -0.15) is 0 Å². The van der Waals surface area contributed by atoms with Crippen molar-refractivity contribution in [1.82, 2.24) is 5.16 Å². The Morgan fingerprint density at radius 2 is 1.81 bits per heavy atom. The molecule has 1 atom stereocenters. The van der Waals surface area contributed by atoms with Crippen LogP contribution in [0.15, 0.2) is 81.7 Å². The highest BCUT2D eigenvalue weighted by Gasteiger charge is 2.25. The fraction of sp³-hybridized carbons (Fsp3) is 0.138. The van der Waals surface area contributed by atoms with Crippen molar-refractivity contribution in [2.45, 2.75) is 26.4 Å². The minimum absolute atomic E-state index is 0.0601. The Morgan fingerprint density at radius 3 is 2.64 bits per heavy atom. The number of fused-ring (bicyclic) bond motifs is 2. The van der Waals surface area contributed by atoms with Crippen molar-refractivity contribution in [2.24, 2.45) is 0 Å². The number of para-hydroxylation sites is 1. The highest BCUT2D eigenvalue weighted by atomic mass is 16.5. The Balaban J connectivity index is 1.31. The predicted molar refractivity (Wildman–Crippen MR) is 135 cm³/mol. The summed E-state index contributed by atoms with van der Waals surface area (Å²) < 4.78 is 17.1. The average Bonchev–Trinajstić information content (AvgIpc) is 3.60. The summed E-state index contributed by atoms with van der Waals surface area (Å²) in [5.74, 6) is 0.561. The Bertz CT molecular complexity index is 1630. The number of furan rings is 1. The van der Waals surface area contributed by atoms with Crippen molar-refractivity contribution in [3.8, 4) is 17.1 Å². The average molecular weight is 479 g/mol. The van der Waals surface area contributed by atoms with Crippen molar-refractivity contribution >= 4 is 28.3 Å². The first kappa shape index (κ1) is 21.9. The van der Waals surface area contributed by atoms with Crippen LogP contribution in [0.1, 0.15) is 44.7 Å². The van der Waals surface area contributed by atoms with Gasteiger partial charge in [0.2, 0.25) is 5.78 Å². The molecule has 2 aromatic heterocycles. The Kier molecular flexibility index (Phi) is 5.18. The van der Waals surface area contributed by atoms with E-state index in [0.29, 0.717) is 28.0 Å². The lowest BCUT2D eigenvalue weighted by Gasteiger charge is -2.05. The van der Waals surface area contributed by atoms with Gasteiger partial charge in [-0.05, 0) is 49.7 Å². The largest absolute Gasteiger partial charge is 0.490 e. The van der Waals surface area contributed by atoms with Crippen LogP contribution in [0.4, 0.5) is 5.69 Å². The summed E-state index contributed by atoms with van der Waals surface area (Å²) >= 11 is 0. The quantitative estimate of drug-likeness (QED) is 0.302. The second-order valence-electron chi connectivity index (χ2n) is 8.98. The van der Waals surface area contributed by atoms with Gasteiger partial charge in [0.05, 0.1) is 5.69 Å². The van der Waals surface area contributed by atoms with Crippen molar-refractivity contribution < 1.29 is 23.3 Å². The molecule has 7 nitrogen and oxygen atoms in total. The molecule has 1 N–H and O–H groups in total. The number of carbonyl (C=O) groups is 2. The van der Waals surface area contributed by atoms with Gasteiger partial charge in [-0.15, -0.1) is 0 Å². The Hall–Kier alpha value is -4.65. The van der Waals surface area contributed by atoms with Crippen LogP contribution in [0.25, 0.3) is 22.3 Å². The van der Waals surface area contributed by atoms with Crippen LogP contribution in [-0.4, -0.2) is 23.0 Å². The zero-order chi connectivity index (χ0) is 24.8. The zero-order valence-electron chi connectivity index (χ0n) is 19.7. The smallest absolute Gasteiger partial charge is 0.277 e. The number of ether oxygens (including phenoxy) is 1. The van der Waals surface area contributed by atoms with Crippen LogP contribution in [0.3, 0.4) is 0 Å². The summed E-state index contributed by atoms with van der Waals surface area (Å²) in [6.45, 7) is 3.97. The highest BCUT2D eigenvalue weighted by Crippen LogP contribution is 2.35. The summed E-state index contributed by atoms with van der Waals surface area (Å²) in [5, 5.41) is 7.42. The minimum Gasteiger partial charge on any atom is -0.490 e. The number of nitrogens with one attached hydrogen (secondary N) is 1. The third-order valence-electron chi connectivity index (χ3n) is 6.28. The van der Waals surface area contributed by atoms with Gasteiger partial charge in [-0.25, -0.2) is 0 Å². The van der Waals surface area contributed by atoms with E-state index in [9.17, 15) is 9.59 Å². The lowest BCUT2D eigenvalue weighted by atomic mass is 10.0. The monoisotopic (exact) mass is 478 g/mol. The number of aromatic nitrogens is 1. The van der Waals surface area contributed by atoms with E-state index < -0.39 is 5.91 Å². The summed E-state index contributed by atoms with van der Waals surface area (Å²) in [7, 11) is 0. The first-order valence-corrected chi connectivity index (χ1v) is 11.7. The molecule has 178 valence electrons. The summed E-state index contributed by atoms with van der Waals surface area (Å²) in [6, 6.07) is 21.7. The maximum atomic E-state index is 13.3. The number of nitrogens with zero attached hydrogens (tertiary/aromatic N) is 1. The van der Waals surface area contributed by atoms with E-state index in [1.54, 1.807) is 30.3 Å². The molecule has 0 bridgehead atoms. The van der Waals surface area contributed by atoms with Gasteiger partial charge in [-0.1, -0.05) is 47.1 Å². The molecule has 3 heterocycles. The van der Waals surface area contributed by atoms with E-state index in [1.165, 1.54) is 0 Å². The van der Waals surface area contributed by atoms with Crippen LogP contribution in [0.5, 0.6) is 5.75 Å². The number of benzene rings is 3. The molecule has 3 aromatic carbocycles. The first-order chi connectivity index (χ1) is 17.5. The second-order valence-corrected chi connectivity index (χ2v) is 8.98. The number of carbonyl (C=O) groups excluding carboxylic acids is 2. The molecule has 0 aliphatic carbocycles. The third-order valence-corrected chi connectivity index (χ3v) is 6.28. The predicted octanol–water partition coefficient (Wildman–Crippen LogP) is 6.20. The molecule has 36 heavy (non-hydrogen) atoms. The third kappa shape index (κ3) is 3.84. The summed E-state index contributed by atoms with van der Waals surface area (Å²) in [6.07, 6.45) is 0.948. The molecular formula is C29H22N2O5. The van der Waals surface area contributed by atoms with Gasteiger partial charge in [0.15, 0.2) is 17.2 Å². The van der Waals surface area contributed by atoms with Gasteiger partial charge in [-0.3, -0.25) is 9.59 Å². The number of aryl methyl sites for hydroxylation is 1. The van der Waals surface area contributed by atoms with E-state index in [4.69, 9.17) is 13.7 Å². The molecule has 7 heteroatoms. The summed E-state index contributed by atoms with van der Waals surface area (Å²) in [5.41, 5.74) is 4.29. The molecule has 1 aliphatic rings. The van der Waals surface area contributed by atoms with Gasteiger partial charge < -0.3 is 19.0 Å². The number of hydrogen-bond acceptors (Lipinski definition) is 6. The normalized spacial score (nSPS) is 14.4. The molecule has 1 unspecified atom stereocenters. The van der Waals surface area contributed by atoms with Crippen LogP contribution >= 0.6 is 0 Å². The maximum absolute atomic E-state index is 13.3. The SMILES string of the molecule is Cc1ccc(C(=O)c2oc3ccccc3c2NC(=O)c2cc(-c3ccc4c(c3)CC(C)O4)on2)cc1.